The van der Waals surface area contributed by atoms with Crippen LogP contribution in [0.15, 0.2) is 42.5 Å². The number of nitrogens with one attached hydrogen (secondary N) is 1. The summed E-state index contributed by atoms with van der Waals surface area (Å²) in [5, 5.41) is 3.13. The molecule has 23 heavy (non-hydrogen) atoms. The molecule has 0 spiro atoms. The summed E-state index contributed by atoms with van der Waals surface area (Å²) >= 11 is 5.85. The third kappa shape index (κ3) is 4.27. The molecule has 3 nitrogen and oxygen atoms in total. The van der Waals surface area contributed by atoms with Gasteiger partial charge in [-0.15, -0.1) is 0 Å². The number of hydrogen-bond acceptors (Lipinski definition) is 2. The second kappa shape index (κ2) is 7.53. The first kappa shape index (κ1) is 17.4. The molecule has 2 aromatic rings. The molecule has 2 aromatic carbocycles. The highest BCUT2D eigenvalue weighted by Gasteiger charge is 2.22. The third-order valence-corrected chi connectivity index (χ3v) is 3.73. The monoisotopic (exact) mass is 338 g/mol. The second-order valence-corrected chi connectivity index (χ2v) is 5.77. The summed E-state index contributed by atoms with van der Waals surface area (Å²) in [7, 11) is 3.39. The van der Waals surface area contributed by atoms with E-state index in [2.05, 4.69) is 5.32 Å². The molecule has 122 valence electrons. The van der Waals surface area contributed by atoms with Crippen molar-refractivity contribution in [2.45, 2.75) is 6.04 Å². The average molecular weight is 339 g/mol. The molecule has 0 radical (unpaired) electrons. The van der Waals surface area contributed by atoms with Crippen molar-refractivity contribution in [2.24, 2.45) is 0 Å². The fourth-order valence-electron chi connectivity index (χ4n) is 2.29. The molecule has 1 atom stereocenters. The summed E-state index contributed by atoms with van der Waals surface area (Å²) in [6.45, 7) is 0.0657. The minimum absolute atomic E-state index is 0.0657. The van der Waals surface area contributed by atoms with E-state index in [9.17, 15) is 13.6 Å². The summed E-state index contributed by atoms with van der Waals surface area (Å²) < 4.78 is 27.9. The van der Waals surface area contributed by atoms with Crippen LogP contribution >= 0.6 is 11.6 Å². The molecule has 1 amide bonds. The van der Waals surface area contributed by atoms with E-state index in [0.29, 0.717) is 10.6 Å². The first-order valence-corrected chi connectivity index (χ1v) is 7.42. The Kier molecular flexibility index (Phi) is 5.69. The lowest BCUT2D eigenvalue weighted by Crippen LogP contribution is -2.35. The van der Waals surface area contributed by atoms with E-state index in [1.165, 1.54) is 24.3 Å². The maximum Gasteiger partial charge on any atom is 0.251 e. The fourth-order valence-corrected chi connectivity index (χ4v) is 2.48. The van der Waals surface area contributed by atoms with E-state index in [-0.39, 0.29) is 18.0 Å². The molecule has 0 fully saturated rings. The highest BCUT2D eigenvalue weighted by Crippen LogP contribution is 2.24. The molecular formula is C17H17ClF2N2O. The van der Waals surface area contributed by atoms with Crippen LogP contribution in [0.1, 0.15) is 22.0 Å². The molecule has 1 N–H and O–H groups in total. The molecule has 0 saturated heterocycles. The van der Waals surface area contributed by atoms with E-state index in [1.54, 1.807) is 37.2 Å². The minimum atomic E-state index is -0.638. The van der Waals surface area contributed by atoms with Gasteiger partial charge in [-0.3, -0.25) is 4.79 Å². The van der Waals surface area contributed by atoms with Crippen LogP contribution in [-0.2, 0) is 0 Å². The number of halogens is 3. The van der Waals surface area contributed by atoms with E-state index in [4.69, 9.17) is 11.6 Å². The van der Waals surface area contributed by atoms with E-state index in [1.807, 2.05) is 0 Å². The maximum atomic E-state index is 14.0. The molecule has 0 aromatic heterocycles. The van der Waals surface area contributed by atoms with Crippen LogP contribution in [0.5, 0.6) is 0 Å². The van der Waals surface area contributed by atoms with Crippen LogP contribution in [0.4, 0.5) is 8.78 Å². The summed E-state index contributed by atoms with van der Waals surface area (Å²) in [4.78, 5) is 13.8. The van der Waals surface area contributed by atoms with Gasteiger partial charge in [0.25, 0.3) is 5.91 Å². The van der Waals surface area contributed by atoms with Crippen molar-refractivity contribution in [3.63, 3.8) is 0 Å². The normalized spacial score (nSPS) is 12.3. The van der Waals surface area contributed by atoms with Crippen molar-refractivity contribution >= 4 is 17.5 Å². The lowest BCUT2D eigenvalue weighted by molar-refractivity contribution is 0.0940. The van der Waals surface area contributed by atoms with Crippen LogP contribution in [0.3, 0.4) is 0 Å². The molecule has 0 aliphatic heterocycles. The summed E-state index contributed by atoms with van der Waals surface area (Å²) in [5.41, 5.74) is 0.327. The SMILES string of the molecule is CN(C)C(CNC(=O)c1cccc(Cl)c1)c1c(F)cccc1F. The number of carbonyl (C=O) groups is 1. The Labute approximate surface area is 138 Å². The van der Waals surface area contributed by atoms with Crippen molar-refractivity contribution in [2.75, 3.05) is 20.6 Å². The summed E-state index contributed by atoms with van der Waals surface area (Å²) in [6, 6.07) is 9.57. The summed E-state index contributed by atoms with van der Waals surface area (Å²) in [6.07, 6.45) is 0. The molecule has 0 heterocycles. The predicted octanol–water partition coefficient (Wildman–Crippen LogP) is 3.65. The average Bonchev–Trinajstić information content (AvgIpc) is 2.49. The molecule has 6 heteroatoms. The molecule has 0 aliphatic carbocycles. The van der Waals surface area contributed by atoms with Gasteiger partial charge >= 0.3 is 0 Å². The molecule has 0 aliphatic rings. The smallest absolute Gasteiger partial charge is 0.251 e. The first-order valence-electron chi connectivity index (χ1n) is 7.04. The highest BCUT2D eigenvalue weighted by molar-refractivity contribution is 6.30. The Morgan fingerprint density at radius 3 is 2.35 bits per heavy atom. The van der Waals surface area contributed by atoms with Crippen LogP contribution in [-0.4, -0.2) is 31.4 Å². The van der Waals surface area contributed by atoms with Gasteiger partial charge in [0.05, 0.1) is 6.04 Å². The minimum Gasteiger partial charge on any atom is -0.350 e. The Morgan fingerprint density at radius 1 is 1.17 bits per heavy atom. The molecule has 1 unspecified atom stereocenters. The molecule has 0 saturated carbocycles. The van der Waals surface area contributed by atoms with Gasteiger partial charge in [-0.2, -0.15) is 0 Å². The lowest BCUT2D eigenvalue weighted by Gasteiger charge is -2.25. The Morgan fingerprint density at radius 2 is 1.78 bits per heavy atom. The molecule has 0 bridgehead atoms. The third-order valence-electron chi connectivity index (χ3n) is 3.50. The number of nitrogens with zero attached hydrogens (tertiary/aromatic N) is 1. The van der Waals surface area contributed by atoms with Crippen molar-refractivity contribution in [1.29, 1.82) is 0 Å². The quantitative estimate of drug-likeness (QED) is 0.902. The lowest BCUT2D eigenvalue weighted by atomic mass is 10.0. The van der Waals surface area contributed by atoms with Crippen molar-refractivity contribution < 1.29 is 13.6 Å². The number of likely N-dealkylation sites (N-methyl/N-ethyl adjacent to an activating group) is 1. The van der Waals surface area contributed by atoms with Crippen LogP contribution in [0, 0.1) is 11.6 Å². The Hall–Kier alpha value is -1.98. The van der Waals surface area contributed by atoms with Gasteiger partial charge < -0.3 is 10.2 Å². The standard InChI is InChI=1S/C17H17ClF2N2O/c1-22(2)15(16-13(19)7-4-8-14(16)20)10-21-17(23)11-5-3-6-12(18)9-11/h3-9,15H,10H2,1-2H3,(H,21,23). The van der Waals surface area contributed by atoms with Gasteiger partial charge in [-0.1, -0.05) is 23.7 Å². The summed E-state index contributed by atoms with van der Waals surface area (Å²) in [5.74, 6) is -1.63. The van der Waals surface area contributed by atoms with Crippen molar-refractivity contribution in [3.05, 3.63) is 70.2 Å². The zero-order valence-electron chi connectivity index (χ0n) is 12.8. The maximum absolute atomic E-state index is 14.0. The van der Waals surface area contributed by atoms with E-state index in [0.717, 1.165) is 0 Å². The van der Waals surface area contributed by atoms with Crippen LogP contribution in [0.2, 0.25) is 5.02 Å². The van der Waals surface area contributed by atoms with Gasteiger partial charge in [0.1, 0.15) is 11.6 Å². The molecule has 2 rings (SSSR count). The van der Waals surface area contributed by atoms with Gasteiger partial charge in [-0.05, 0) is 44.4 Å². The zero-order chi connectivity index (χ0) is 17.0. The number of amides is 1. The van der Waals surface area contributed by atoms with Gasteiger partial charge in [-0.25, -0.2) is 8.78 Å². The van der Waals surface area contributed by atoms with Crippen LogP contribution in [0.25, 0.3) is 0 Å². The largest absolute Gasteiger partial charge is 0.350 e. The molecular weight excluding hydrogens is 322 g/mol. The first-order chi connectivity index (χ1) is 10.9. The Bertz CT molecular complexity index is 686. The van der Waals surface area contributed by atoms with Crippen molar-refractivity contribution in [1.82, 2.24) is 10.2 Å². The number of carbonyl (C=O) groups excluding carboxylic acids is 1. The second-order valence-electron chi connectivity index (χ2n) is 5.34. The van der Waals surface area contributed by atoms with Gasteiger partial charge in [0.2, 0.25) is 0 Å². The van der Waals surface area contributed by atoms with Gasteiger partial charge in [0.15, 0.2) is 0 Å². The highest BCUT2D eigenvalue weighted by atomic mass is 35.5. The fraction of sp³-hybridized carbons (Fsp3) is 0.235. The predicted molar refractivity (Wildman–Crippen MR) is 86.6 cm³/mol. The number of benzene rings is 2. The Balaban J connectivity index is 2.16. The number of hydrogen-bond donors (Lipinski definition) is 1. The van der Waals surface area contributed by atoms with Crippen molar-refractivity contribution in [3.8, 4) is 0 Å². The number of rotatable bonds is 5. The van der Waals surface area contributed by atoms with E-state index >= 15 is 0 Å². The topological polar surface area (TPSA) is 32.3 Å². The van der Waals surface area contributed by atoms with E-state index < -0.39 is 17.7 Å². The zero-order valence-corrected chi connectivity index (χ0v) is 13.6. The van der Waals surface area contributed by atoms with Crippen LogP contribution < -0.4 is 5.32 Å². The van der Waals surface area contributed by atoms with Gasteiger partial charge in [0, 0.05) is 22.7 Å².